The minimum atomic E-state index is 0.789. The molecule has 0 unspecified atom stereocenters. The number of aromatic nitrogens is 4. The SMILES string of the molecule is CCNc1cc(-n2cnc3c2CCCC3)nc(SC)n1. The number of fused-ring (bicyclic) bond motifs is 1. The Hall–Kier alpha value is -1.56. The lowest BCUT2D eigenvalue weighted by Crippen LogP contribution is -2.10. The lowest BCUT2D eigenvalue weighted by Gasteiger charge is -2.14. The molecule has 0 amide bonds. The topological polar surface area (TPSA) is 55.6 Å². The fourth-order valence-corrected chi connectivity index (χ4v) is 2.94. The minimum Gasteiger partial charge on any atom is -0.370 e. The molecular formula is C14H19N5S. The van der Waals surface area contributed by atoms with Crippen molar-refractivity contribution >= 4 is 17.6 Å². The highest BCUT2D eigenvalue weighted by Gasteiger charge is 2.17. The highest BCUT2D eigenvalue weighted by Crippen LogP contribution is 2.24. The van der Waals surface area contributed by atoms with E-state index >= 15 is 0 Å². The Labute approximate surface area is 123 Å². The number of rotatable bonds is 4. The van der Waals surface area contributed by atoms with Crippen LogP contribution in [0.2, 0.25) is 0 Å². The van der Waals surface area contributed by atoms with Crippen molar-refractivity contribution in [3.63, 3.8) is 0 Å². The van der Waals surface area contributed by atoms with Crippen LogP contribution in [-0.2, 0) is 12.8 Å². The van der Waals surface area contributed by atoms with Crippen molar-refractivity contribution in [1.82, 2.24) is 19.5 Å². The Morgan fingerprint density at radius 2 is 2.15 bits per heavy atom. The normalized spacial score (nSPS) is 14.1. The zero-order chi connectivity index (χ0) is 13.9. The molecule has 0 radical (unpaired) electrons. The van der Waals surface area contributed by atoms with E-state index in [1.54, 1.807) is 11.8 Å². The molecular weight excluding hydrogens is 270 g/mol. The molecule has 0 saturated carbocycles. The zero-order valence-electron chi connectivity index (χ0n) is 11.9. The predicted molar refractivity (Wildman–Crippen MR) is 81.7 cm³/mol. The maximum Gasteiger partial charge on any atom is 0.191 e. The first-order chi connectivity index (χ1) is 9.81. The summed E-state index contributed by atoms with van der Waals surface area (Å²) < 4.78 is 2.12. The third-order valence-corrected chi connectivity index (χ3v) is 4.06. The van der Waals surface area contributed by atoms with Gasteiger partial charge in [0.05, 0.1) is 5.69 Å². The molecule has 1 aliphatic carbocycles. The fourth-order valence-electron chi connectivity index (χ4n) is 2.57. The van der Waals surface area contributed by atoms with E-state index < -0.39 is 0 Å². The lowest BCUT2D eigenvalue weighted by atomic mass is 10.0. The van der Waals surface area contributed by atoms with Gasteiger partial charge in [0.15, 0.2) is 5.16 Å². The van der Waals surface area contributed by atoms with Crippen molar-refractivity contribution in [3.8, 4) is 5.82 Å². The molecule has 106 valence electrons. The van der Waals surface area contributed by atoms with Crippen molar-refractivity contribution in [2.24, 2.45) is 0 Å². The standard InChI is InChI=1S/C14H19N5S/c1-3-15-12-8-13(18-14(17-12)20-2)19-9-16-10-6-4-5-7-11(10)19/h8-9H,3-7H2,1-2H3,(H,15,17,18). The van der Waals surface area contributed by atoms with Crippen LogP contribution in [0.15, 0.2) is 17.6 Å². The molecule has 2 aromatic rings. The number of hydrogen-bond acceptors (Lipinski definition) is 5. The summed E-state index contributed by atoms with van der Waals surface area (Å²) in [7, 11) is 0. The second-order valence-electron chi connectivity index (χ2n) is 4.84. The Balaban J connectivity index is 2.04. The van der Waals surface area contributed by atoms with Crippen molar-refractivity contribution in [3.05, 3.63) is 23.8 Å². The molecule has 1 aliphatic rings. The third kappa shape index (κ3) is 2.52. The number of imidazole rings is 1. The van der Waals surface area contributed by atoms with E-state index in [1.165, 1.54) is 24.2 Å². The maximum atomic E-state index is 4.62. The molecule has 0 aliphatic heterocycles. The number of hydrogen-bond donors (Lipinski definition) is 1. The largest absolute Gasteiger partial charge is 0.370 e. The number of thioether (sulfide) groups is 1. The van der Waals surface area contributed by atoms with Gasteiger partial charge in [0.25, 0.3) is 0 Å². The van der Waals surface area contributed by atoms with E-state index in [1.807, 2.05) is 18.6 Å². The van der Waals surface area contributed by atoms with Gasteiger partial charge in [-0.1, -0.05) is 11.8 Å². The number of nitrogens with one attached hydrogen (secondary N) is 1. The molecule has 0 saturated heterocycles. The summed E-state index contributed by atoms with van der Waals surface area (Å²) in [6.45, 7) is 2.92. The zero-order valence-corrected chi connectivity index (χ0v) is 12.7. The summed E-state index contributed by atoms with van der Waals surface area (Å²) in [6, 6.07) is 2.00. The molecule has 0 bridgehead atoms. The molecule has 2 heterocycles. The summed E-state index contributed by atoms with van der Waals surface area (Å²) in [5.74, 6) is 1.79. The lowest BCUT2D eigenvalue weighted by molar-refractivity contribution is 0.653. The van der Waals surface area contributed by atoms with Crippen LogP contribution in [0.5, 0.6) is 0 Å². The van der Waals surface area contributed by atoms with Gasteiger partial charge in [-0.05, 0) is 38.9 Å². The van der Waals surface area contributed by atoms with E-state index in [9.17, 15) is 0 Å². The van der Waals surface area contributed by atoms with Gasteiger partial charge in [0.1, 0.15) is 18.0 Å². The van der Waals surface area contributed by atoms with E-state index in [2.05, 4.69) is 31.8 Å². The molecule has 3 rings (SSSR count). The number of aryl methyl sites for hydroxylation is 1. The van der Waals surface area contributed by atoms with Crippen LogP contribution in [0.1, 0.15) is 31.2 Å². The Morgan fingerprint density at radius 1 is 1.30 bits per heavy atom. The average molecular weight is 289 g/mol. The first kappa shape index (κ1) is 13.4. The van der Waals surface area contributed by atoms with Gasteiger partial charge in [-0.2, -0.15) is 0 Å². The molecule has 0 aromatic carbocycles. The molecule has 0 fully saturated rings. The first-order valence-corrected chi connectivity index (χ1v) is 8.26. The maximum absolute atomic E-state index is 4.62. The molecule has 1 N–H and O–H groups in total. The van der Waals surface area contributed by atoms with E-state index in [4.69, 9.17) is 0 Å². The second kappa shape index (κ2) is 5.83. The predicted octanol–water partition coefficient (Wildman–Crippen LogP) is 2.69. The summed E-state index contributed by atoms with van der Waals surface area (Å²) in [6.07, 6.45) is 8.55. The minimum absolute atomic E-state index is 0.789. The van der Waals surface area contributed by atoms with Crippen molar-refractivity contribution in [2.75, 3.05) is 18.1 Å². The fraction of sp³-hybridized carbons (Fsp3) is 0.500. The molecule has 2 aromatic heterocycles. The Kier molecular flexibility index (Phi) is 3.91. The smallest absolute Gasteiger partial charge is 0.191 e. The van der Waals surface area contributed by atoms with E-state index in [0.29, 0.717) is 0 Å². The first-order valence-electron chi connectivity index (χ1n) is 7.04. The summed E-state index contributed by atoms with van der Waals surface area (Å²) in [5, 5.41) is 4.06. The van der Waals surface area contributed by atoms with Gasteiger partial charge >= 0.3 is 0 Å². The molecule has 0 atom stereocenters. The molecule has 20 heavy (non-hydrogen) atoms. The van der Waals surface area contributed by atoms with Gasteiger partial charge in [-0.15, -0.1) is 0 Å². The quantitative estimate of drug-likeness (QED) is 0.693. The van der Waals surface area contributed by atoms with Crippen molar-refractivity contribution in [2.45, 2.75) is 37.8 Å². The average Bonchev–Trinajstić information content (AvgIpc) is 2.91. The van der Waals surface area contributed by atoms with E-state index in [0.717, 1.165) is 36.2 Å². The molecule has 0 spiro atoms. The van der Waals surface area contributed by atoms with Crippen LogP contribution in [0.25, 0.3) is 5.82 Å². The van der Waals surface area contributed by atoms with Gasteiger partial charge in [-0.3, -0.25) is 4.57 Å². The second-order valence-corrected chi connectivity index (χ2v) is 5.62. The van der Waals surface area contributed by atoms with Crippen LogP contribution < -0.4 is 5.32 Å². The Morgan fingerprint density at radius 3 is 2.95 bits per heavy atom. The van der Waals surface area contributed by atoms with Crippen molar-refractivity contribution < 1.29 is 0 Å². The van der Waals surface area contributed by atoms with Crippen LogP contribution in [0, 0.1) is 0 Å². The van der Waals surface area contributed by atoms with Crippen LogP contribution in [0.3, 0.4) is 0 Å². The van der Waals surface area contributed by atoms with Crippen LogP contribution in [-0.4, -0.2) is 32.3 Å². The number of nitrogens with zero attached hydrogens (tertiary/aromatic N) is 4. The van der Waals surface area contributed by atoms with Crippen LogP contribution in [0.4, 0.5) is 5.82 Å². The highest BCUT2D eigenvalue weighted by atomic mass is 32.2. The van der Waals surface area contributed by atoms with Gasteiger partial charge in [-0.25, -0.2) is 15.0 Å². The summed E-state index contributed by atoms with van der Waals surface area (Å²) in [5.41, 5.74) is 2.54. The Bertz CT molecular complexity index is 608. The third-order valence-electron chi connectivity index (χ3n) is 3.51. The van der Waals surface area contributed by atoms with Crippen molar-refractivity contribution in [1.29, 1.82) is 0 Å². The highest BCUT2D eigenvalue weighted by molar-refractivity contribution is 7.98. The van der Waals surface area contributed by atoms with E-state index in [-0.39, 0.29) is 0 Å². The van der Waals surface area contributed by atoms with Gasteiger partial charge in [0, 0.05) is 18.3 Å². The summed E-state index contributed by atoms with van der Waals surface area (Å²) in [4.78, 5) is 13.6. The summed E-state index contributed by atoms with van der Waals surface area (Å²) >= 11 is 1.56. The monoisotopic (exact) mass is 289 g/mol. The molecule has 6 heteroatoms. The van der Waals surface area contributed by atoms with Crippen LogP contribution >= 0.6 is 11.8 Å². The van der Waals surface area contributed by atoms with Gasteiger partial charge < -0.3 is 5.32 Å². The number of anilines is 1. The molecule has 5 nitrogen and oxygen atoms in total. The van der Waals surface area contributed by atoms with Gasteiger partial charge in [0.2, 0.25) is 0 Å².